The highest BCUT2D eigenvalue weighted by molar-refractivity contribution is 8.14. The molecule has 2 aromatic carbocycles. The Morgan fingerprint density at radius 3 is 2.05 bits per heavy atom. The van der Waals surface area contributed by atoms with Crippen molar-refractivity contribution in [1.29, 1.82) is 0 Å². The molecule has 3 heteroatoms. The van der Waals surface area contributed by atoms with Crippen molar-refractivity contribution in [2.75, 3.05) is 19.0 Å². The number of carbonyl (C=O) groups is 1. The summed E-state index contributed by atoms with van der Waals surface area (Å²) in [4.78, 5) is 15.1. The largest absolute Gasteiger partial charge is 0.378 e. The molecule has 0 atom stereocenters. The highest BCUT2D eigenvalue weighted by atomic mass is 32.2. The molecule has 0 aliphatic rings. The number of rotatable bonds is 3. The third-order valence-electron chi connectivity index (χ3n) is 2.85. The van der Waals surface area contributed by atoms with Gasteiger partial charge in [-0.3, -0.25) is 4.79 Å². The first kappa shape index (κ1) is 13.7. The summed E-state index contributed by atoms with van der Waals surface area (Å²) in [6.45, 7) is 2.04. The molecule has 0 amide bonds. The average molecular weight is 271 g/mol. The predicted molar refractivity (Wildman–Crippen MR) is 82.1 cm³/mol. The molecule has 0 saturated heterocycles. The third-order valence-corrected chi connectivity index (χ3v) is 3.78. The van der Waals surface area contributed by atoms with Gasteiger partial charge in [-0.2, -0.15) is 0 Å². The maximum absolute atomic E-state index is 12.1. The summed E-state index contributed by atoms with van der Waals surface area (Å²) in [5.74, 6) is 0. The molecule has 0 saturated carbocycles. The van der Waals surface area contributed by atoms with Crippen LogP contribution in [0.25, 0.3) is 0 Å². The Kier molecular flexibility index (Phi) is 4.27. The Labute approximate surface area is 118 Å². The van der Waals surface area contributed by atoms with Gasteiger partial charge in [-0.1, -0.05) is 17.7 Å². The van der Waals surface area contributed by atoms with E-state index in [2.05, 4.69) is 0 Å². The number of benzene rings is 2. The fourth-order valence-corrected chi connectivity index (χ4v) is 2.41. The molecule has 19 heavy (non-hydrogen) atoms. The molecule has 0 spiro atoms. The van der Waals surface area contributed by atoms with Gasteiger partial charge in [0.1, 0.15) is 0 Å². The molecular weight excluding hydrogens is 254 g/mol. The molecule has 0 N–H and O–H groups in total. The lowest BCUT2D eigenvalue weighted by Crippen LogP contribution is -2.08. The van der Waals surface area contributed by atoms with Crippen LogP contribution in [0, 0.1) is 6.92 Å². The molecule has 0 bridgehead atoms. The van der Waals surface area contributed by atoms with Gasteiger partial charge >= 0.3 is 0 Å². The standard InChI is InChI=1S/C16H17NOS/c1-12-4-10-15(11-5-12)19-16(18)13-6-8-14(9-7-13)17(2)3/h4-11H,1-3H3. The first-order valence-corrected chi connectivity index (χ1v) is 6.94. The number of hydrogen-bond donors (Lipinski definition) is 0. The molecule has 0 radical (unpaired) electrons. The quantitative estimate of drug-likeness (QED) is 0.787. The van der Waals surface area contributed by atoms with Gasteiger partial charge in [0.2, 0.25) is 5.12 Å². The number of anilines is 1. The third kappa shape index (κ3) is 3.61. The summed E-state index contributed by atoms with van der Waals surface area (Å²) < 4.78 is 0. The molecule has 2 aromatic rings. The van der Waals surface area contributed by atoms with Gasteiger partial charge in [0.05, 0.1) is 0 Å². The number of thioether (sulfide) groups is 1. The molecule has 0 aromatic heterocycles. The van der Waals surface area contributed by atoms with Gasteiger partial charge in [0.15, 0.2) is 0 Å². The van der Waals surface area contributed by atoms with Crippen LogP contribution in [-0.4, -0.2) is 19.2 Å². The first-order chi connectivity index (χ1) is 9.06. The predicted octanol–water partition coefficient (Wildman–Crippen LogP) is 3.99. The van der Waals surface area contributed by atoms with Gasteiger partial charge in [-0.05, 0) is 55.1 Å². The molecule has 98 valence electrons. The maximum Gasteiger partial charge on any atom is 0.224 e. The van der Waals surface area contributed by atoms with E-state index in [9.17, 15) is 4.79 Å². The van der Waals surface area contributed by atoms with Crippen LogP contribution in [0.1, 0.15) is 15.9 Å². The molecule has 0 aliphatic carbocycles. The average Bonchev–Trinajstić information content (AvgIpc) is 2.41. The lowest BCUT2D eigenvalue weighted by Gasteiger charge is -2.12. The van der Waals surface area contributed by atoms with E-state index in [-0.39, 0.29) is 5.12 Å². The van der Waals surface area contributed by atoms with E-state index in [1.165, 1.54) is 17.3 Å². The Hall–Kier alpha value is -1.74. The van der Waals surface area contributed by atoms with Crippen molar-refractivity contribution in [1.82, 2.24) is 0 Å². The Balaban J connectivity index is 2.09. The minimum atomic E-state index is 0.0779. The molecule has 0 fully saturated rings. The number of hydrogen-bond acceptors (Lipinski definition) is 3. The summed E-state index contributed by atoms with van der Waals surface area (Å²) in [6, 6.07) is 15.7. The summed E-state index contributed by atoms with van der Waals surface area (Å²) in [5.41, 5.74) is 3.03. The second kappa shape index (κ2) is 5.93. The van der Waals surface area contributed by atoms with Crippen molar-refractivity contribution >= 4 is 22.6 Å². The Bertz CT molecular complexity index is 558. The van der Waals surface area contributed by atoms with E-state index in [0.29, 0.717) is 0 Å². The van der Waals surface area contributed by atoms with E-state index in [0.717, 1.165) is 16.1 Å². The molecule has 0 unspecified atom stereocenters. The molecule has 2 nitrogen and oxygen atoms in total. The molecule has 0 aliphatic heterocycles. The maximum atomic E-state index is 12.1. The fraction of sp³-hybridized carbons (Fsp3) is 0.188. The zero-order valence-electron chi connectivity index (χ0n) is 11.4. The Morgan fingerprint density at radius 2 is 1.53 bits per heavy atom. The van der Waals surface area contributed by atoms with Gasteiger partial charge in [-0.15, -0.1) is 0 Å². The van der Waals surface area contributed by atoms with Gasteiger partial charge in [0.25, 0.3) is 0 Å². The summed E-state index contributed by atoms with van der Waals surface area (Å²) >= 11 is 1.27. The highest BCUT2D eigenvalue weighted by Gasteiger charge is 2.08. The van der Waals surface area contributed by atoms with E-state index < -0.39 is 0 Å². The summed E-state index contributed by atoms with van der Waals surface area (Å²) in [5, 5.41) is 0.0779. The van der Waals surface area contributed by atoms with Crippen LogP contribution in [-0.2, 0) is 0 Å². The van der Waals surface area contributed by atoms with Crippen LogP contribution in [0.5, 0.6) is 0 Å². The molecule has 2 rings (SSSR count). The summed E-state index contributed by atoms with van der Waals surface area (Å²) in [7, 11) is 3.97. The zero-order chi connectivity index (χ0) is 13.8. The number of nitrogens with zero attached hydrogens (tertiary/aromatic N) is 1. The second-order valence-electron chi connectivity index (χ2n) is 4.64. The van der Waals surface area contributed by atoms with Gasteiger partial charge < -0.3 is 4.90 Å². The lowest BCUT2D eigenvalue weighted by atomic mass is 10.2. The first-order valence-electron chi connectivity index (χ1n) is 6.12. The zero-order valence-corrected chi connectivity index (χ0v) is 12.2. The molecular formula is C16H17NOS. The Morgan fingerprint density at radius 1 is 0.947 bits per heavy atom. The van der Waals surface area contributed by atoms with Crippen molar-refractivity contribution < 1.29 is 4.79 Å². The van der Waals surface area contributed by atoms with Gasteiger partial charge in [-0.25, -0.2) is 0 Å². The summed E-state index contributed by atoms with van der Waals surface area (Å²) in [6.07, 6.45) is 0. The fourth-order valence-electron chi connectivity index (χ4n) is 1.67. The van der Waals surface area contributed by atoms with Crippen molar-refractivity contribution in [3.05, 3.63) is 59.7 Å². The lowest BCUT2D eigenvalue weighted by molar-refractivity contribution is 0.108. The smallest absolute Gasteiger partial charge is 0.224 e. The minimum Gasteiger partial charge on any atom is -0.378 e. The second-order valence-corrected chi connectivity index (χ2v) is 5.69. The monoisotopic (exact) mass is 271 g/mol. The topological polar surface area (TPSA) is 20.3 Å². The van der Waals surface area contributed by atoms with Crippen LogP contribution in [0.15, 0.2) is 53.4 Å². The van der Waals surface area contributed by atoms with Crippen molar-refractivity contribution in [3.63, 3.8) is 0 Å². The van der Waals surface area contributed by atoms with E-state index in [4.69, 9.17) is 0 Å². The normalized spacial score (nSPS) is 10.3. The van der Waals surface area contributed by atoms with Crippen LogP contribution < -0.4 is 4.90 Å². The SMILES string of the molecule is Cc1ccc(SC(=O)c2ccc(N(C)C)cc2)cc1. The van der Waals surface area contributed by atoms with E-state index >= 15 is 0 Å². The van der Waals surface area contributed by atoms with Crippen LogP contribution >= 0.6 is 11.8 Å². The van der Waals surface area contributed by atoms with Crippen LogP contribution in [0.4, 0.5) is 5.69 Å². The number of carbonyl (C=O) groups excluding carboxylic acids is 1. The van der Waals surface area contributed by atoms with Crippen molar-refractivity contribution in [2.45, 2.75) is 11.8 Å². The molecule has 0 heterocycles. The minimum absolute atomic E-state index is 0.0779. The van der Waals surface area contributed by atoms with E-state index in [1.54, 1.807) is 0 Å². The highest BCUT2D eigenvalue weighted by Crippen LogP contribution is 2.24. The van der Waals surface area contributed by atoms with Crippen LogP contribution in [0.2, 0.25) is 0 Å². The van der Waals surface area contributed by atoms with Crippen molar-refractivity contribution in [3.8, 4) is 0 Å². The number of aryl methyl sites for hydroxylation is 1. The van der Waals surface area contributed by atoms with E-state index in [1.807, 2.05) is 74.4 Å². The van der Waals surface area contributed by atoms with Crippen molar-refractivity contribution in [2.24, 2.45) is 0 Å². The van der Waals surface area contributed by atoms with Crippen LogP contribution in [0.3, 0.4) is 0 Å². The van der Waals surface area contributed by atoms with Gasteiger partial charge in [0, 0.05) is 30.2 Å².